The minimum absolute atomic E-state index is 0.248. The lowest BCUT2D eigenvalue weighted by molar-refractivity contribution is 0.0664. The average Bonchev–Trinajstić information content (AvgIpc) is 2.86. The molecule has 130 valence electrons. The van der Waals surface area contributed by atoms with E-state index in [1.807, 2.05) is 6.92 Å². The lowest BCUT2D eigenvalue weighted by Gasteiger charge is -2.12. The summed E-state index contributed by atoms with van der Waals surface area (Å²) in [6.45, 7) is 2.71. The number of rotatable bonds is 7. The summed E-state index contributed by atoms with van der Waals surface area (Å²) in [5.74, 6) is 1.37. The van der Waals surface area contributed by atoms with Crippen LogP contribution in [0, 0.1) is 5.82 Å². The quantitative estimate of drug-likeness (QED) is 0.558. The molecule has 0 aliphatic carbocycles. The normalized spacial score (nSPS) is 13.3. The van der Waals surface area contributed by atoms with Gasteiger partial charge in [-0.05, 0) is 41.6 Å². The molecule has 0 atom stereocenters. The Morgan fingerprint density at radius 3 is 2.48 bits per heavy atom. The van der Waals surface area contributed by atoms with Gasteiger partial charge in [0.1, 0.15) is 18.2 Å². The van der Waals surface area contributed by atoms with Gasteiger partial charge in [-0.25, -0.2) is 4.39 Å². The first-order valence-electron chi connectivity index (χ1n) is 8.05. The van der Waals surface area contributed by atoms with Crippen molar-refractivity contribution in [2.45, 2.75) is 13.5 Å². The largest absolute Gasteiger partial charge is 0.489 e. The molecule has 0 unspecified atom stereocenters. The molecule has 2 aromatic rings. The number of hydrogen-bond acceptors (Lipinski definition) is 4. The number of thioether (sulfide) groups is 1. The van der Waals surface area contributed by atoms with Gasteiger partial charge in [-0.2, -0.15) is 11.8 Å². The van der Waals surface area contributed by atoms with Crippen LogP contribution in [0.4, 0.5) is 4.39 Å². The standard InChI is InChI=1S/C19H18FNO3S/c1-2-25-10-9-21-18(22)16-8-7-15(11-17(16)19(21)23)24-12-13-3-5-14(20)6-4-13/h3-8,11H,2,9-10,12H2,1H3. The minimum Gasteiger partial charge on any atom is -0.489 e. The SMILES string of the molecule is CCSCCN1C(=O)c2ccc(OCc3ccc(F)cc3)cc2C1=O. The molecular weight excluding hydrogens is 341 g/mol. The maximum absolute atomic E-state index is 12.9. The van der Waals surface area contributed by atoms with Crippen molar-refractivity contribution in [3.05, 3.63) is 65.0 Å². The number of carbonyl (C=O) groups is 2. The fourth-order valence-corrected chi connectivity index (χ4v) is 3.21. The van der Waals surface area contributed by atoms with Crippen LogP contribution in [0.2, 0.25) is 0 Å². The van der Waals surface area contributed by atoms with Gasteiger partial charge in [-0.15, -0.1) is 0 Å². The summed E-state index contributed by atoms with van der Waals surface area (Å²) in [4.78, 5) is 26.1. The zero-order valence-corrected chi connectivity index (χ0v) is 14.6. The maximum atomic E-state index is 12.9. The Morgan fingerprint density at radius 2 is 1.76 bits per heavy atom. The molecular formula is C19H18FNO3S. The van der Waals surface area contributed by atoms with Gasteiger partial charge in [0.15, 0.2) is 0 Å². The number of ether oxygens (including phenoxy) is 1. The number of imide groups is 1. The minimum atomic E-state index is -0.299. The lowest BCUT2D eigenvalue weighted by atomic mass is 10.1. The van der Waals surface area contributed by atoms with E-state index in [1.165, 1.54) is 17.0 Å². The number of benzene rings is 2. The van der Waals surface area contributed by atoms with E-state index >= 15 is 0 Å². The summed E-state index contributed by atoms with van der Waals surface area (Å²) in [5, 5.41) is 0. The Bertz CT molecular complexity index is 792. The highest BCUT2D eigenvalue weighted by molar-refractivity contribution is 7.99. The van der Waals surface area contributed by atoms with E-state index in [4.69, 9.17) is 4.74 Å². The van der Waals surface area contributed by atoms with E-state index in [1.54, 1.807) is 42.1 Å². The summed E-state index contributed by atoms with van der Waals surface area (Å²) < 4.78 is 18.6. The Labute approximate surface area is 150 Å². The van der Waals surface area contributed by atoms with Crippen molar-refractivity contribution in [2.24, 2.45) is 0 Å². The number of fused-ring (bicyclic) bond motifs is 1. The van der Waals surface area contributed by atoms with Crippen LogP contribution < -0.4 is 4.74 Å². The number of nitrogens with zero attached hydrogens (tertiary/aromatic N) is 1. The first kappa shape index (κ1) is 17.5. The van der Waals surface area contributed by atoms with E-state index < -0.39 is 0 Å². The van der Waals surface area contributed by atoms with Crippen LogP contribution in [0.3, 0.4) is 0 Å². The second kappa shape index (κ2) is 7.70. The van der Waals surface area contributed by atoms with Crippen molar-refractivity contribution < 1.29 is 18.7 Å². The van der Waals surface area contributed by atoms with Gasteiger partial charge < -0.3 is 4.74 Å². The molecule has 0 saturated carbocycles. The van der Waals surface area contributed by atoms with Crippen molar-refractivity contribution in [3.63, 3.8) is 0 Å². The van der Waals surface area contributed by atoms with Crippen molar-refractivity contribution in [3.8, 4) is 5.75 Å². The van der Waals surface area contributed by atoms with Gasteiger partial charge in [0.25, 0.3) is 11.8 Å². The van der Waals surface area contributed by atoms with Crippen LogP contribution in [0.15, 0.2) is 42.5 Å². The third-order valence-electron chi connectivity index (χ3n) is 3.92. The van der Waals surface area contributed by atoms with Crippen molar-refractivity contribution in [1.82, 2.24) is 4.90 Å². The molecule has 1 heterocycles. The number of hydrogen-bond donors (Lipinski definition) is 0. The molecule has 2 aromatic carbocycles. The van der Waals surface area contributed by atoms with Gasteiger partial charge in [-0.3, -0.25) is 14.5 Å². The molecule has 0 saturated heterocycles. The zero-order valence-electron chi connectivity index (χ0n) is 13.8. The lowest BCUT2D eigenvalue weighted by Crippen LogP contribution is -2.31. The summed E-state index contributed by atoms with van der Waals surface area (Å²) in [6.07, 6.45) is 0. The molecule has 3 rings (SSSR count). The topological polar surface area (TPSA) is 46.6 Å². The Balaban J connectivity index is 1.69. The van der Waals surface area contributed by atoms with Crippen LogP contribution >= 0.6 is 11.8 Å². The highest BCUT2D eigenvalue weighted by atomic mass is 32.2. The van der Waals surface area contributed by atoms with Crippen molar-refractivity contribution in [2.75, 3.05) is 18.1 Å². The van der Waals surface area contributed by atoms with Gasteiger partial charge in [0.2, 0.25) is 0 Å². The molecule has 25 heavy (non-hydrogen) atoms. The maximum Gasteiger partial charge on any atom is 0.261 e. The average molecular weight is 359 g/mol. The van der Waals surface area contributed by atoms with Crippen molar-refractivity contribution in [1.29, 1.82) is 0 Å². The fraction of sp³-hybridized carbons (Fsp3) is 0.263. The molecule has 0 bridgehead atoms. The van der Waals surface area contributed by atoms with E-state index in [2.05, 4.69) is 0 Å². The molecule has 0 spiro atoms. The van der Waals surface area contributed by atoms with Gasteiger partial charge in [0, 0.05) is 12.3 Å². The highest BCUT2D eigenvalue weighted by Crippen LogP contribution is 2.27. The molecule has 0 radical (unpaired) electrons. The number of carbonyl (C=O) groups excluding carboxylic acids is 2. The Morgan fingerprint density at radius 1 is 1.04 bits per heavy atom. The van der Waals surface area contributed by atoms with Gasteiger partial charge in [0.05, 0.1) is 11.1 Å². The van der Waals surface area contributed by atoms with Gasteiger partial charge >= 0.3 is 0 Å². The summed E-state index contributed by atoms with van der Waals surface area (Å²) in [5.41, 5.74) is 1.62. The Kier molecular flexibility index (Phi) is 5.38. The fourth-order valence-electron chi connectivity index (χ4n) is 2.61. The van der Waals surface area contributed by atoms with Crippen LogP contribution in [-0.2, 0) is 6.61 Å². The third-order valence-corrected chi connectivity index (χ3v) is 4.80. The number of halogens is 1. The molecule has 1 aliphatic heterocycles. The van der Waals surface area contributed by atoms with Gasteiger partial charge in [-0.1, -0.05) is 19.1 Å². The summed E-state index contributed by atoms with van der Waals surface area (Å²) in [6, 6.07) is 10.9. The molecule has 0 N–H and O–H groups in total. The molecule has 1 aliphatic rings. The third kappa shape index (κ3) is 3.85. The van der Waals surface area contributed by atoms with Crippen LogP contribution in [0.25, 0.3) is 0 Å². The first-order chi connectivity index (χ1) is 12.1. The van der Waals surface area contributed by atoms with Crippen LogP contribution in [-0.4, -0.2) is 34.8 Å². The van der Waals surface area contributed by atoms with Crippen molar-refractivity contribution >= 4 is 23.6 Å². The molecule has 6 heteroatoms. The zero-order chi connectivity index (χ0) is 17.8. The predicted octanol–water partition coefficient (Wildman–Crippen LogP) is 3.75. The summed E-state index contributed by atoms with van der Waals surface area (Å²) in [7, 11) is 0. The predicted molar refractivity (Wildman–Crippen MR) is 95.5 cm³/mol. The van der Waals surface area contributed by atoms with E-state index in [0.29, 0.717) is 23.4 Å². The highest BCUT2D eigenvalue weighted by Gasteiger charge is 2.35. The molecule has 0 fully saturated rings. The second-order valence-corrected chi connectivity index (χ2v) is 6.98. The van der Waals surface area contributed by atoms with E-state index in [0.717, 1.165) is 17.1 Å². The summed E-state index contributed by atoms with van der Waals surface area (Å²) >= 11 is 1.69. The Hall–Kier alpha value is -2.34. The van der Waals surface area contributed by atoms with E-state index in [9.17, 15) is 14.0 Å². The molecule has 4 nitrogen and oxygen atoms in total. The smallest absolute Gasteiger partial charge is 0.261 e. The van der Waals surface area contributed by atoms with Crippen LogP contribution in [0.1, 0.15) is 33.2 Å². The van der Waals surface area contributed by atoms with E-state index in [-0.39, 0.29) is 24.2 Å². The monoisotopic (exact) mass is 359 g/mol. The first-order valence-corrected chi connectivity index (χ1v) is 9.21. The number of amides is 2. The molecule has 0 aromatic heterocycles. The molecule has 2 amide bonds. The van der Waals surface area contributed by atoms with Crippen LogP contribution in [0.5, 0.6) is 5.75 Å². The second-order valence-electron chi connectivity index (χ2n) is 5.58.